The summed E-state index contributed by atoms with van der Waals surface area (Å²) in [5.74, 6) is 0. The van der Waals surface area contributed by atoms with Gasteiger partial charge in [0.25, 0.3) is 0 Å². The van der Waals surface area contributed by atoms with Gasteiger partial charge >= 0.3 is 0 Å². The van der Waals surface area contributed by atoms with Gasteiger partial charge in [-0.15, -0.1) is 12.4 Å². The van der Waals surface area contributed by atoms with Crippen molar-refractivity contribution >= 4 is 12.4 Å². The number of hydrogen-bond acceptors (Lipinski definition) is 1. The molecule has 0 unspecified atom stereocenters. The number of benzene rings is 1. The molecule has 0 aliphatic carbocycles. The zero-order chi connectivity index (χ0) is 8.55. The van der Waals surface area contributed by atoms with E-state index >= 15 is 0 Å². The molecule has 2 rings (SSSR count). The van der Waals surface area contributed by atoms with Gasteiger partial charge in [0.05, 0.1) is 0 Å². The Balaban J connectivity index is 0.000000845. The molecule has 1 N–H and O–H groups in total. The largest absolute Gasteiger partial charge is 0.310 e. The number of halogens is 1. The topological polar surface area (TPSA) is 12.0 Å². The zero-order valence-electron chi connectivity index (χ0n) is 8.13. The van der Waals surface area contributed by atoms with Crippen LogP contribution in [-0.2, 0) is 0 Å². The van der Waals surface area contributed by atoms with E-state index in [0.29, 0.717) is 6.04 Å². The quantitative estimate of drug-likeness (QED) is 0.730. The molecule has 0 radical (unpaired) electrons. The van der Waals surface area contributed by atoms with E-state index in [-0.39, 0.29) is 12.4 Å². The molecule has 1 heterocycles. The zero-order valence-corrected chi connectivity index (χ0v) is 8.95. The first-order valence-corrected chi connectivity index (χ1v) is 4.58. The van der Waals surface area contributed by atoms with E-state index in [1.807, 2.05) is 0 Å². The van der Waals surface area contributed by atoms with Crippen LogP contribution in [0.25, 0.3) is 0 Å². The van der Waals surface area contributed by atoms with Crippen LogP contribution in [0.2, 0.25) is 0 Å². The first-order valence-electron chi connectivity index (χ1n) is 4.58. The number of nitrogens with one attached hydrogen (secondary N) is 1. The van der Waals surface area contributed by atoms with Crippen LogP contribution in [0.5, 0.6) is 0 Å². The molecule has 2 heteroatoms. The van der Waals surface area contributed by atoms with Gasteiger partial charge in [-0.3, -0.25) is 0 Å². The van der Waals surface area contributed by atoms with E-state index in [1.165, 1.54) is 29.7 Å². The SMILES string of the molecule is Cc1cccc([C@H]2CCN2)c1C.Cl. The molecule has 1 aromatic rings. The van der Waals surface area contributed by atoms with Gasteiger partial charge in [0, 0.05) is 6.04 Å². The number of rotatable bonds is 1. The minimum Gasteiger partial charge on any atom is -0.310 e. The Morgan fingerprint density at radius 2 is 2.00 bits per heavy atom. The maximum Gasteiger partial charge on any atom is 0.0335 e. The Morgan fingerprint density at radius 3 is 2.54 bits per heavy atom. The molecule has 13 heavy (non-hydrogen) atoms. The van der Waals surface area contributed by atoms with Gasteiger partial charge in [0.15, 0.2) is 0 Å². The smallest absolute Gasteiger partial charge is 0.0335 e. The fourth-order valence-corrected chi connectivity index (χ4v) is 1.71. The van der Waals surface area contributed by atoms with E-state index in [4.69, 9.17) is 0 Å². The van der Waals surface area contributed by atoms with Crippen molar-refractivity contribution in [3.05, 3.63) is 34.9 Å². The lowest BCUT2D eigenvalue weighted by Crippen LogP contribution is -2.35. The van der Waals surface area contributed by atoms with E-state index in [0.717, 1.165) is 0 Å². The van der Waals surface area contributed by atoms with Gasteiger partial charge in [-0.2, -0.15) is 0 Å². The second kappa shape index (κ2) is 4.12. The summed E-state index contributed by atoms with van der Waals surface area (Å²) < 4.78 is 0. The van der Waals surface area contributed by atoms with Crippen molar-refractivity contribution in [2.24, 2.45) is 0 Å². The Kier molecular flexibility index (Phi) is 3.34. The maximum atomic E-state index is 3.43. The van der Waals surface area contributed by atoms with Crippen molar-refractivity contribution < 1.29 is 0 Å². The third-order valence-electron chi connectivity index (χ3n) is 2.85. The monoisotopic (exact) mass is 197 g/mol. The molecule has 1 aromatic carbocycles. The third-order valence-corrected chi connectivity index (χ3v) is 2.85. The Bertz CT molecular complexity index is 292. The lowest BCUT2D eigenvalue weighted by Gasteiger charge is -2.29. The summed E-state index contributed by atoms with van der Waals surface area (Å²) in [5, 5.41) is 3.43. The fourth-order valence-electron chi connectivity index (χ4n) is 1.71. The van der Waals surface area contributed by atoms with Crippen molar-refractivity contribution in [3.63, 3.8) is 0 Å². The van der Waals surface area contributed by atoms with Crippen molar-refractivity contribution in [3.8, 4) is 0 Å². The minimum absolute atomic E-state index is 0. The molecule has 72 valence electrons. The standard InChI is InChI=1S/C11H15N.ClH/c1-8-4-3-5-10(9(8)2)11-6-7-12-11;/h3-5,11-12H,6-7H2,1-2H3;1H/t11-;/m1./s1. The van der Waals surface area contributed by atoms with Crippen LogP contribution >= 0.6 is 12.4 Å². The molecule has 0 bridgehead atoms. The van der Waals surface area contributed by atoms with Crippen LogP contribution in [-0.4, -0.2) is 6.54 Å². The highest BCUT2D eigenvalue weighted by Gasteiger charge is 2.19. The van der Waals surface area contributed by atoms with Crippen LogP contribution in [0, 0.1) is 13.8 Å². The van der Waals surface area contributed by atoms with E-state index in [9.17, 15) is 0 Å². The van der Waals surface area contributed by atoms with Crippen LogP contribution in [0.15, 0.2) is 18.2 Å². The molecule has 1 saturated heterocycles. The lowest BCUT2D eigenvalue weighted by molar-refractivity contribution is 0.382. The summed E-state index contributed by atoms with van der Waals surface area (Å²) in [6.45, 7) is 5.57. The summed E-state index contributed by atoms with van der Waals surface area (Å²) in [4.78, 5) is 0. The molecular weight excluding hydrogens is 182 g/mol. The molecular formula is C11H16ClN. The third kappa shape index (κ3) is 1.87. The van der Waals surface area contributed by atoms with Crippen molar-refractivity contribution in [2.75, 3.05) is 6.54 Å². The highest BCUT2D eigenvalue weighted by atomic mass is 35.5. The summed E-state index contributed by atoms with van der Waals surface area (Å²) in [6.07, 6.45) is 1.30. The van der Waals surface area contributed by atoms with Gasteiger partial charge in [0.2, 0.25) is 0 Å². The van der Waals surface area contributed by atoms with Crippen molar-refractivity contribution in [1.82, 2.24) is 5.32 Å². The maximum absolute atomic E-state index is 3.43. The summed E-state index contributed by atoms with van der Waals surface area (Å²) >= 11 is 0. The first-order chi connectivity index (χ1) is 5.79. The highest BCUT2D eigenvalue weighted by Crippen LogP contribution is 2.26. The molecule has 1 aliphatic rings. The second-order valence-electron chi connectivity index (χ2n) is 3.58. The molecule has 0 aromatic heterocycles. The van der Waals surface area contributed by atoms with Gasteiger partial charge < -0.3 is 5.32 Å². The van der Waals surface area contributed by atoms with Gasteiger partial charge in [-0.1, -0.05) is 18.2 Å². The lowest BCUT2D eigenvalue weighted by atomic mass is 9.92. The Labute approximate surface area is 86.0 Å². The van der Waals surface area contributed by atoms with Crippen LogP contribution in [0.4, 0.5) is 0 Å². The average molecular weight is 198 g/mol. The predicted molar refractivity (Wildman–Crippen MR) is 58.5 cm³/mol. The van der Waals surface area contributed by atoms with E-state index in [1.54, 1.807) is 0 Å². The normalized spacial score (nSPS) is 20.3. The Morgan fingerprint density at radius 1 is 1.31 bits per heavy atom. The molecule has 1 aliphatic heterocycles. The molecule has 1 fully saturated rings. The van der Waals surface area contributed by atoms with Gasteiger partial charge in [0.1, 0.15) is 0 Å². The van der Waals surface area contributed by atoms with Gasteiger partial charge in [-0.05, 0) is 43.5 Å². The highest BCUT2D eigenvalue weighted by molar-refractivity contribution is 5.85. The van der Waals surface area contributed by atoms with Crippen LogP contribution < -0.4 is 5.32 Å². The number of hydrogen-bond donors (Lipinski definition) is 1. The van der Waals surface area contributed by atoms with Crippen molar-refractivity contribution in [1.29, 1.82) is 0 Å². The number of aryl methyl sites for hydroxylation is 1. The Hall–Kier alpha value is -0.530. The fraction of sp³-hybridized carbons (Fsp3) is 0.455. The van der Waals surface area contributed by atoms with Crippen LogP contribution in [0.1, 0.15) is 29.2 Å². The first kappa shape index (κ1) is 10.6. The van der Waals surface area contributed by atoms with Gasteiger partial charge in [-0.25, -0.2) is 0 Å². The second-order valence-corrected chi connectivity index (χ2v) is 3.58. The summed E-state index contributed by atoms with van der Waals surface area (Å²) in [5.41, 5.74) is 4.34. The van der Waals surface area contributed by atoms with E-state index < -0.39 is 0 Å². The summed E-state index contributed by atoms with van der Waals surface area (Å²) in [6, 6.07) is 7.19. The summed E-state index contributed by atoms with van der Waals surface area (Å²) in [7, 11) is 0. The van der Waals surface area contributed by atoms with Crippen LogP contribution in [0.3, 0.4) is 0 Å². The van der Waals surface area contributed by atoms with E-state index in [2.05, 4.69) is 37.4 Å². The molecule has 1 atom stereocenters. The molecule has 0 spiro atoms. The predicted octanol–water partition coefficient (Wildman–Crippen LogP) is 2.76. The molecule has 1 nitrogen and oxygen atoms in total. The molecule has 0 saturated carbocycles. The van der Waals surface area contributed by atoms with Crippen molar-refractivity contribution in [2.45, 2.75) is 26.3 Å². The molecule has 0 amide bonds. The average Bonchev–Trinajstić information content (AvgIpc) is 1.95. The minimum atomic E-state index is 0.